The van der Waals surface area contributed by atoms with Gasteiger partial charge >= 0.3 is 6.03 Å². The molecule has 0 aliphatic carbocycles. The van der Waals surface area contributed by atoms with Crippen molar-refractivity contribution in [1.29, 1.82) is 0 Å². The van der Waals surface area contributed by atoms with E-state index in [1.54, 1.807) is 41.3 Å². The molecule has 2 N–H and O–H groups in total. The number of halogens is 1. The predicted octanol–water partition coefficient (Wildman–Crippen LogP) is 7.36. The Morgan fingerprint density at radius 1 is 1.00 bits per heavy atom. The second-order valence-corrected chi connectivity index (χ2v) is 13.8. The predicted molar refractivity (Wildman–Crippen MR) is 160 cm³/mol. The van der Waals surface area contributed by atoms with Crippen molar-refractivity contribution in [2.24, 2.45) is 5.92 Å². The van der Waals surface area contributed by atoms with Crippen molar-refractivity contribution in [2.45, 2.75) is 66.2 Å². The molecule has 2 amide bonds. The van der Waals surface area contributed by atoms with E-state index in [2.05, 4.69) is 19.2 Å². The van der Waals surface area contributed by atoms with Crippen LogP contribution in [0.5, 0.6) is 11.5 Å². The molecule has 3 aromatic carbocycles. The molecule has 0 unspecified atom stereocenters. The van der Waals surface area contributed by atoms with E-state index in [1.807, 2.05) is 6.07 Å². The number of amides is 2. The number of aliphatic hydroxyl groups is 1. The molecule has 0 radical (unpaired) electrons. The van der Waals surface area contributed by atoms with Gasteiger partial charge in [0.1, 0.15) is 17.3 Å². The number of piperidine rings is 1. The maximum absolute atomic E-state index is 13.4. The molecule has 0 bridgehead atoms. The van der Waals surface area contributed by atoms with Crippen molar-refractivity contribution in [3.63, 3.8) is 0 Å². The Morgan fingerprint density at radius 2 is 1.63 bits per heavy atom. The second-order valence-electron chi connectivity index (χ2n) is 10.6. The minimum Gasteiger partial charge on any atom is -0.457 e. The summed E-state index contributed by atoms with van der Waals surface area (Å²) in [7, 11) is -3.31. The number of anilines is 1. The fraction of sp³-hybridized carbons (Fsp3) is 0.387. The third kappa shape index (κ3) is 8.70. The number of ether oxygens (including phenoxy) is 1. The maximum Gasteiger partial charge on any atom is 0.321 e. The van der Waals surface area contributed by atoms with Gasteiger partial charge in [0, 0.05) is 40.9 Å². The molecule has 10 heteroatoms. The third-order valence-corrected chi connectivity index (χ3v) is 9.58. The van der Waals surface area contributed by atoms with Gasteiger partial charge in [-0.3, -0.25) is 0 Å². The molecular weight excluding hydrogens is 563 g/mol. The third-order valence-electron chi connectivity index (χ3n) is 7.47. The maximum atomic E-state index is 13.4. The lowest BCUT2D eigenvalue weighted by molar-refractivity contribution is -0.0309. The summed E-state index contributed by atoms with van der Waals surface area (Å²) in [5.41, 5.74) is -0.227. The van der Waals surface area contributed by atoms with E-state index in [-0.39, 0.29) is 16.7 Å². The molecule has 0 atom stereocenters. The highest BCUT2D eigenvalue weighted by Gasteiger charge is 2.35. The van der Waals surface area contributed by atoms with Gasteiger partial charge in [0.25, 0.3) is 0 Å². The summed E-state index contributed by atoms with van der Waals surface area (Å²) in [6.07, 6.45) is 5.05. The molecule has 1 heterocycles. The van der Waals surface area contributed by atoms with E-state index in [0.29, 0.717) is 49.0 Å². The fourth-order valence-corrected chi connectivity index (χ4v) is 6.47. The van der Waals surface area contributed by atoms with Crippen molar-refractivity contribution in [2.75, 3.05) is 24.7 Å². The van der Waals surface area contributed by atoms with Crippen LogP contribution in [0.25, 0.3) is 0 Å². The highest BCUT2D eigenvalue weighted by Crippen LogP contribution is 2.36. The van der Waals surface area contributed by atoms with Crippen LogP contribution in [0.15, 0.2) is 81.4 Å². The molecule has 41 heavy (non-hydrogen) atoms. The molecule has 3 aromatic rings. The van der Waals surface area contributed by atoms with Crippen molar-refractivity contribution in [3.05, 3.63) is 72.5 Å². The minimum atomic E-state index is -3.31. The highest BCUT2D eigenvalue weighted by molar-refractivity contribution is 7.99. The van der Waals surface area contributed by atoms with E-state index in [9.17, 15) is 22.7 Å². The van der Waals surface area contributed by atoms with E-state index < -0.39 is 15.4 Å². The number of carbonyl (C=O) groups is 1. The first-order chi connectivity index (χ1) is 19.5. The lowest BCUT2D eigenvalue weighted by Crippen LogP contribution is -2.48. The molecule has 1 aliphatic heterocycles. The molecule has 0 aromatic heterocycles. The number of sulfone groups is 1. The number of urea groups is 1. The number of hydrogen-bond acceptors (Lipinski definition) is 6. The van der Waals surface area contributed by atoms with Gasteiger partial charge in [0.2, 0.25) is 0 Å². The minimum absolute atomic E-state index is 0.233. The first-order valence-electron chi connectivity index (χ1n) is 13.8. The summed E-state index contributed by atoms with van der Waals surface area (Å²) in [6, 6.07) is 17.3. The first kappa shape index (κ1) is 30.9. The molecular formula is C31H37FN2O5S2. The quantitative estimate of drug-likeness (QED) is 0.253. The standard InChI is InChI=1S/C31H37FN2O5S2/c1-4-22(5-2)21-31(36)14-16-34(17-15-31)30(35)33-24-18-26(39-25-8-6-23(32)7-9-25)20-28(19-24)40-27-10-12-29(13-11-27)41(3,37)38/h6-13,18-20,22,36H,4-5,14-17,21H2,1-3H3,(H,33,35). The molecule has 0 saturated carbocycles. The Labute approximate surface area is 246 Å². The average Bonchev–Trinajstić information content (AvgIpc) is 2.93. The smallest absolute Gasteiger partial charge is 0.321 e. The number of nitrogens with zero attached hydrogens (tertiary/aromatic N) is 1. The zero-order valence-electron chi connectivity index (χ0n) is 23.6. The van der Waals surface area contributed by atoms with Crippen LogP contribution in [0, 0.1) is 11.7 Å². The number of benzene rings is 3. The topological polar surface area (TPSA) is 95.9 Å². The molecule has 0 spiro atoms. The molecule has 7 nitrogen and oxygen atoms in total. The van der Waals surface area contributed by atoms with E-state index in [4.69, 9.17) is 4.74 Å². The molecule has 4 rings (SSSR count). The van der Waals surface area contributed by atoms with Crippen LogP contribution >= 0.6 is 11.8 Å². The van der Waals surface area contributed by atoms with Gasteiger partial charge in [-0.15, -0.1) is 0 Å². The summed E-state index contributed by atoms with van der Waals surface area (Å²) in [4.78, 5) is 16.7. The SMILES string of the molecule is CCC(CC)CC1(O)CCN(C(=O)Nc2cc(Oc3ccc(F)cc3)cc(Sc3ccc(S(C)(=O)=O)cc3)c2)CC1. The van der Waals surface area contributed by atoms with Crippen molar-refractivity contribution in [3.8, 4) is 11.5 Å². The molecule has 1 fully saturated rings. The number of carbonyl (C=O) groups excluding carboxylic acids is 1. The number of likely N-dealkylation sites (tertiary alicyclic amines) is 1. The monoisotopic (exact) mass is 600 g/mol. The number of rotatable bonds is 10. The van der Waals surface area contributed by atoms with Gasteiger partial charge in [-0.05, 0) is 85.8 Å². The van der Waals surface area contributed by atoms with E-state index in [0.717, 1.165) is 35.3 Å². The van der Waals surface area contributed by atoms with Crippen LogP contribution in [0.4, 0.5) is 14.9 Å². The van der Waals surface area contributed by atoms with Gasteiger partial charge in [0.15, 0.2) is 9.84 Å². The van der Waals surface area contributed by atoms with Gasteiger partial charge in [-0.25, -0.2) is 17.6 Å². The summed E-state index contributed by atoms with van der Waals surface area (Å²) >= 11 is 1.39. The lowest BCUT2D eigenvalue weighted by Gasteiger charge is -2.39. The lowest BCUT2D eigenvalue weighted by atomic mass is 9.81. The van der Waals surface area contributed by atoms with Gasteiger partial charge in [-0.2, -0.15) is 0 Å². The van der Waals surface area contributed by atoms with Crippen LogP contribution in [-0.2, 0) is 9.84 Å². The molecule has 1 aliphatic rings. The van der Waals surface area contributed by atoms with Gasteiger partial charge in [0.05, 0.1) is 10.5 Å². The van der Waals surface area contributed by atoms with Crippen LogP contribution in [0.2, 0.25) is 0 Å². The Morgan fingerprint density at radius 3 is 2.22 bits per heavy atom. The van der Waals surface area contributed by atoms with Crippen LogP contribution in [0.1, 0.15) is 46.0 Å². The highest BCUT2D eigenvalue weighted by atomic mass is 32.2. The van der Waals surface area contributed by atoms with Crippen molar-refractivity contribution < 1.29 is 27.4 Å². The summed E-state index contributed by atoms with van der Waals surface area (Å²) in [5, 5.41) is 14.1. The fourth-order valence-electron chi connectivity index (χ4n) is 4.94. The Bertz CT molecular complexity index is 1430. The Hall–Kier alpha value is -3.08. The van der Waals surface area contributed by atoms with Gasteiger partial charge in [-0.1, -0.05) is 38.5 Å². The Balaban J connectivity index is 1.50. The normalized spacial score (nSPS) is 15.1. The van der Waals surface area contributed by atoms with Crippen molar-refractivity contribution in [1.82, 2.24) is 4.90 Å². The average molecular weight is 601 g/mol. The number of hydrogen-bond donors (Lipinski definition) is 2. The van der Waals surface area contributed by atoms with Crippen LogP contribution < -0.4 is 10.1 Å². The molecule has 1 saturated heterocycles. The largest absolute Gasteiger partial charge is 0.457 e. The van der Waals surface area contributed by atoms with Gasteiger partial charge < -0.3 is 20.1 Å². The molecule has 220 valence electrons. The summed E-state index contributed by atoms with van der Waals surface area (Å²) < 4.78 is 43.0. The van der Waals surface area contributed by atoms with E-state index in [1.165, 1.54) is 36.0 Å². The van der Waals surface area contributed by atoms with Crippen LogP contribution in [-0.4, -0.2) is 49.4 Å². The zero-order valence-corrected chi connectivity index (χ0v) is 25.2. The zero-order chi connectivity index (χ0) is 29.6. The van der Waals surface area contributed by atoms with Crippen molar-refractivity contribution >= 4 is 33.3 Å². The second kappa shape index (κ2) is 13.3. The summed E-state index contributed by atoms with van der Waals surface area (Å²) in [5.74, 6) is 0.988. The summed E-state index contributed by atoms with van der Waals surface area (Å²) in [6.45, 7) is 5.21. The van der Waals surface area contributed by atoms with Crippen LogP contribution in [0.3, 0.4) is 0 Å². The van der Waals surface area contributed by atoms with E-state index >= 15 is 0 Å². The first-order valence-corrected chi connectivity index (χ1v) is 16.5. The Kier molecular flexibility index (Phi) is 9.99. The number of nitrogens with one attached hydrogen (secondary N) is 1.